The van der Waals surface area contributed by atoms with Gasteiger partial charge in [-0.1, -0.05) is 35.3 Å². The van der Waals surface area contributed by atoms with Gasteiger partial charge in [-0.3, -0.25) is 4.79 Å². The molecule has 0 heterocycles. The minimum atomic E-state index is -0.460. The summed E-state index contributed by atoms with van der Waals surface area (Å²) in [4.78, 5) is 14.3. The zero-order valence-corrected chi connectivity index (χ0v) is 16.1. The van der Waals surface area contributed by atoms with Crippen LogP contribution in [0.25, 0.3) is 0 Å². The van der Waals surface area contributed by atoms with E-state index in [1.807, 2.05) is 31.1 Å². The number of hydrogen-bond acceptors (Lipinski definition) is 3. The lowest BCUT2D eigenvalue weighted by molar-refractivity contribution is -0.123. The third kappa shape index (κ3) is 6.48. The highest BCUT2D eigenvalue weighted by Gasteiger charge is 2.16. The quantitative estimate of drug-likeness (QED) is 0.719. The van der Waals surface area contributed by atoms with Gasteiger partial charge in [-0.05, 0) is 63.0 Å². The number of nitrogens with zero attached hydrogens (tertiary/aromatic N) is 1. The van der Waals surface area contributed by atoms with E-state index in [0.29, 0.717) is 5.02 Å². The standard InChI is InChI=1S/C19H21Cl2FN2O2/c1-24(2)10-9-17(13-3-5-14(20)6-4-13)23-19(25)12-26-18-8-7-15(22)11-16(18)21/h3-8,11,17H,9-10,12H2,1-2H3,(H,23,25). The first kappa shape index (κ1) is 20.5. The molecule has 1 N–H and O–H groups in total. The zero-order valence-electron chi connectivity index (χ0n) is 14.6. The van der Waals surface area contributed by atoms with Crippen LogP contribution in [0.15, 0.2) is 42.5 Å². The topological polar surface area (TPSA) is 41.6 Å². The number of nitrogens with one attached hydrogen (secondary N) is 1. The van der Waals surface area contributed by atoms with Crippen molar-refractivity contribution in [1.82, 2.24) is 10.2 Å². The number of amides is 1. The van der Waals surface area contributed by atoms with Gasteiger partial charge in [-0.25, -0.2) is 4.39 Å². The van der Waals surface area contributed by atoms with E-state index in [4.69, 9.17) is 27.9 Å². The molecule has 0 aliphatic carbocycles. The van der Waals surface area contributed by atoms with Crippen molar-refractivity contribution in [2.45, 2.75) is 12.5 Å². The van der Waals surface area contributed by atoms with Crippen molar-refractivity contribution in [3.8, 4) is 5.75 Å². The number of rotatable bonds is 8. The van der Waals surface area contributed by atoms with Gasteiger partial charge in [0.1, 0.15) is 11.6 Å². The third-order valence-corrected chi connectivity index (χ3v) is 4.27. The first-order chi connectivity index (χ1) is 12.3. The van der Waals surface area contributed by atoms with Crippen LogP contribution in [0.5, 0.6) is 5.75 Å². The molecular weight excluding hydrogens is 378 g/mol. The predicted molar refractivity (Wildman–Crippen MR) is 102 cm³/mol. The lowest BCUT2D eigenvalue weighted by Crippen LogP contribution is -2.34. The van der Waals surface area contributed by atoms with E-state index in [9.17, 15) is 9.18 Å². The average Bonchev–Trinajstić information content (AvgIpc) is 2.58. The minimum absolute atomic E-state index is 0.125. The fourth-order valence-electron chi connectivity index (χ4n) is 2.38. The lowest BCUT2D eigenvalue weighted by atomic mass is 10.0. The normalized spacial score (nSPS) is 12.1. The van der Waals surface area contributed by atoms with E-state index in [0.717, 1.165) is 24.6 Å². The predicted octanol–water partition coefficient (Wildman–Crippen LogP) is 4.32. The molecule has 0 aromatic heterocycles. The Labute approximate surface area is 162 Å². The van der Waals surface area contributed by atoms with Gasteiger partial charge in [-0.2, -0.15) is 0 Å². The lowest BCUT2D eigenvalue weighted by Gasteiger charge is -2.21. The Bertz CT molecular complexity index is 739. The summed E-state index contributed by atoms with van der Waals surface area (Å²) in [5.41, 5.74) is 0.962. The van der Waals surface area contributed by atoms with Crippen molar-refractivity contribution in [2.75, 3.05) is 27.2 Å². The molecule has 1 atom stereocenters. The van der Waals surface area contributed by atoms with E-state index in [1.54, 1.807) is 12.1 Å². The van der Waals surface area contributed by atoms with Crippen molar-refractivity contribution in [1.29, 1.82) is 0 Å². The summed E-state index contributed by atoms with van der Waals surface area (Å²) in [6.07, 6.45) is 0.734. The maximum absolute atomic E-state index is 13.1. The maximum atomic E-state index is 13.1. The van der Waals surface area contributed by atoms with Gasteiger partial charge in [0, 0.05) is 5.02 Å². The van der Waals surface area contributed by atoms with E-state index < -0.39 is 5.82 Å². The SMILES string of the molecule is CN(C)CCC(NC(=O)COc1ccc(F)cc1Cl)c1ccc(Cl)cc1. The van der Waals surface area contributed by atoms with Crippen LogP contribution in [0.4, 0.5) is 4.39 Å². The molecule has 2 aromatic carbocycles. The van der Waals surface area contributed by atoms with Gasteiger partial charge >= 0.3 is 0 Å². The molecule has 1 amide bonds. The summed E-state index contributed by atoms with van der Waals surface area (Å²) in [5.74, 6) is -0.484. The number of ether oxygens (including phenoxy) is 1. The minimum Gasteiger partial charge on any atom is -0.482 e. The summed E-state index contributed by atoms with van der Waals surface area (Å²) in [6.45, 7) is 0.593. The first-order valence-electron chi connectivity index (χ1n) is 8.12. The van der Waals surface area contributed by atoms with E-state index in [1.165, 1.54) is 12.1 Å². The molecule has 4 nitrogen and oxygen atoms in total. The van der Waals surface area contributed by atoms with Gasteiger partial charge < -0.3 is 15.0 Å². The fourth-order valence-corrected chi connectivity index (χ4v) is 2.72. The van der Waals surface area contributed by atoms with Crippen LogP contribution in [0.3, 0.4) is 0 Å². The Kier molecular flexibility index (Phi) is 7.69. The Morgan fingerprint density at radius 3 is 2.50 bits per heavy atom. The van der Waals surface area contributed by atoms with E-state index >= 15 is 0 Å². The van der Waals surface area contributed by atoms with Gasteiger partial charge in [0.15, 0.2) is 6.61 Å². The molecule has 0 saturated heterocycles. The van der Waals surface area contributed by atoms with Crippen LogP contribution < -0.4 is 10.1 Å². The summed E-state index contributed by atoms with van der Waals surface area (Å²) in [5, 5.41) is 3.72. The number of halogens is 3. The van der Waals surface area contributed by atoms with Crippen molar-refractivity contribution < 1.29 is 13.9 Å². The van der Waals surface area contributed by atoms with Crippen LogP contribution >= 0.6 is 23.2 Å². The summed E-state index contributed by atoms with van der Waals surface area (Å²) in [6, 6.07) is 11.0. The number of hydrogen-bond donors (Lipinski definition) is 1. The van der Waals surface area contributed by atoms with Gasteiger partial charge in [-0.15, -0.1) is 0 Å². The molecule has 140 valence electrons. The largest absolute Gasteiger partial charge is 0.482 e. The van der Waals surface area contributed by atoms with Crippen molar-refractivity contribution in [2.24, 2.45) is 0 Å². The average molecular weight is 399 g/mol. The van der Waals surface area contributed by atoms with Crippen molar-refractivity contribution >= 4 is 29.1 Å². The van der Waals surface area contributed by atoms with Crippen LogP contribution in [-0.2, 0) is 4.79 Å². The maximum Gasteiger partial charge on any atom is 0.258 e. The number of benzene rings is 2. The molecule has 7 heteroatoms. The first-order valence-corrected chi connectivity index (χ1v) is 8.88. The second-order valence-corrected chi connectivity index (χ2v) is 6.97. The third-order valence-electron chi connectivity index (χ3n) is 3.73. The molecule has 2 rings (SSSR count). The Balaban J connectivity index is 1.99. The second-order valence-electron chi connectivity index (χ2n) is 6.13. The van der Waals surface area contributed by atoms with Crippen molar-refractivity contribution in [3.63, 3.8) is 0 Å². The van der Waals surface area contributed by atoms with Crippen LogP contribution in [0, 0.1) is 5.82 Å². The molecular formula is C19H21Cl2FN2O2. The van der Waals surface area contributed by atoms with E-state index in [-0.39, 0.29) is 29.3 Å². The fraction of sp³-hybridized carbons (Fsp3) is 0.316. The molecule has 0 radical (unpaired) electrons. The number of carbonyl (C=O) groups is 1. The highest BCUT2D eigenvalue weighted by atomic mass is 35.5. The van der Waals surface area contributed by atoms with Crippen LogP contribution in [0.2, 0.25) is 10.0 Å². The molecule has 0 spiro atoms. The van der Waals surface area contributed by atoms with Gasteiger partial charge in [0.2, 0.25) is 0 Å². The summed E-state index contributed by atoms with van der Waals surface area (Å²) < 4.78 is 18.4. The Morgan fingerprint density at radius 2 is 1.88 bits per heavy atom. The smallest absolute Gasteiger partial charge is 0.258 e. The van der Waals surface area contributed by atoms with Gasteiger partial charge in [0.25, 0.3) is 5.91 Å². The van der Waals surface area contributed by atoms with Crippen LogP contribution in [-0.4, -0.2) is 38.1 Å². The monoisotopic (exact) mass is 398 g/mol. The molecule has 0 fully saturated rings. The molecule has 0 saturated carbocycles. The van der Waals surface area contributed by atoms with Gasteiger partial charge in [0.05, 0.1) is 11.1 Å². The summed E-state index contributed by atoms with van der Waals surface area (Å²) >= 11 is 11.8. The van der Waals surface area contributed by atoms with E-state index in [2.05, 4.69) is 5.32 Å². The highest BCUT2D eigenvalue weighted by Crippen LogP contribution is 2.25. The molecule has 0 aliphatic heterocycles. The Morgan fingerprint density at radius 1 is 1.19 bits per heavy atom. The summed E-state index contributed by atoms with van der Waals surface area (Å²) in [7, 11) is 3.95. The highest BCUT2D eigenvalue weighted by molar-refractivity contribution is 6.32. The Hall–Kier alpha value is -1.82. The molecule has 1 unspecified atom stereocenters. The molecule has 0 aliphatic rings. The molecule has 26 heavy (non-hydrogen) atoms. The van der Waals surface area contributed by atoms with Crippen molar-refractivity contribution in [3.05, 3.63) is 63.9 Å². The van der Waals surface area contributed by atoms with Crippen LogP contribution in [0.1, 0.15) is 18.0 Å². The molecule has 0 bridgehead atoms. The molecule has 2 aromatic rings. The number of carbonyl (C=O) groups excluding carboxylic acids is 1. The second kappa shape index (κ2) is 9.76. The zero-order chi connectivity index (χ0) is 19.1.